The lowest BCUT2D eigenvalue weighted by atomic mass is 10.2. The van der Waals surface area contributed by atoms with Crippen molar-refractivity contribution in [3.05, 3.63) is 39.8 Å². The van der Waals surface area contributed by atoms with Crippen molar-refractivity contribution in [1.29, 1.82) is 0 Å². The van der Waals surface area contributed by atoms with Crippen molar-refractivity contribution in [3.8, 4) is 5.75 Å². The molecule has 0 spiro atoms. The molecule has 0 bridgehead atoms. The fraction of sp³-hybridized carbons (Fsp3) is 0.167. The molecule has 0 saturated carbocycles. The number of nitrogens with two attached hydrogens (primary N) is 1. The average molecular weight is 264 g/mol. The summed E-state index contributed by atoms with van der Waals surface area (Å²) in [5.74, 6) is -0.547. The fourth-order valence-corrected chi connectivity index (χ4v) is 2.04. The maximum Gasteiger partial charge on any atom is 0.335 e. The van der Waals surface area contributed by atoms with Crippen LogP contribution in [-0.2, 0) is 6.61 Å². The van der Waals surface area contributed by atoms with Crippen molar-refractivity contribution < 1.29 is 14.6 Å². The lowest BCUT2D eigenvalue weighted by molar-refractivity contribution is 0.0697. The normalized spacial score (nSPS) is 10.3. The first-order valence-electron chi connectivity index (χ1n) is 5.23. The molecule has 0 unspecified atom stereocenters. The predicted octanol–water partition coefficient (Wildman–Crippen LogP) is 2.31. The van der Waals surface area contributed by atoms with E-state index in [4.69, 9.17) is 15.6 Å². The topological polar surface area (TPSA) is 85.4 Å². The van der Waals surface area contributed by atoms with Crippen molar-refractivity contribution in [3.63, 3.8) is 0 Å². The molecule has 5 nitrogen and oxygen atoms in total. The van der Waals surface area contributed by atoms with Gasteiger partial charge in [0.15, 0.2) is 0 Å². The Morgan fingerprint density at radius 3 is 2.89 bits per heavy atom. The van der Waals surface area contributed by atoms with Gasteiger partial charge in [0.1, 0.15) is 12.4 Å². The van der Waals surface area contributed by atoms with E-state index >= 15 is 0 Å². The molecular weight excluding hydrogens is 252 g/mol. The van der Waals surface area contributed by atoms with Gasteiger partial charge in [-0.05, 0) is 25.1 Å². The molecule has 1 aromatic heterocycles. The molecule has 1 aromatic carbocycles. The number of rotatable bonds is 4. The van der Waals surface area contributed by atoms with Crippen LogP contribution in [0.4, 0.5) is 5.69 Å². The van der Waals surface area contributed by atoms with E-state index in [2.05, 4.69) is 4.98 Å². The number of nitrogen functional groups attached to an aromatic ring is 1. The zero-order chi connectivity index (χ0) is 13.1. The number of carbonyl (C=O) groups is 1. The maximum absolute atomic E-state index is 10.7. The van der Waals surface area contributed by atoms with Crippen molar-refractivity contribution >= 4 is 23.0 Å². The van der Waals surface area contributed by atoms with E-state index in [0.29, 0.717) is 18.0 Å². The van der Waals surface area contributed by atoms with Gasteiger partial charge < -0.3 is 15.6 Å². The zero-order valence-corrected chi connectivity index (χ0v) is 10.5. The summed E-state index contributed by atoms with van der Waals surface area (Å²) in [6.45, 7) is 2.24. The first kappa shape index (κ1) is 12.4. The van der Waals surface area contributed by atoms with Gasteiger partial charge in [0.2, 0.25) is 0 Å². The van der Waals surface area contributed by atoms with Crippen molar-refractivity contribution in [2.45, 2.75) is 13.5 Å². The number of hydrogen-bond acceptors (Lipinski definition) is 5. The lowest BCUT2D eigenvalue weighted by Gasteiger charge is -2.08. The van der Waals surface area contributed by atoms with Crippen LogP contribution in [-0.4, -0.2) is 16.1 Å². The van der Waals surface area contributed by atoms with Gasteiger partial charge in [0.05, 0.1) is 22.0 Å². The van der Waals surface area contributed by atoms with E-state index in [1.807, 2.05) is 12.3 Å². The number of thiazole rings is 1. The molecule has 0 fully saturated rings. The number of benzene rings is 1. The summed E-state index contributed by atoms with van der Waals surface area (Å²) in [7, 11) is 0. The van der Waals surface area contributed by atoms with Crippen LogP contribution >= 0.6 is 11.3 Å². The molecule has 0 aliphatic heterocycles. The molecular formula is C12H12N2O3S. The minimum Gasteiger partial charge on any atom is -0.485 e. The molecule has 2 rings (SSSR count). The van der Waals surface area contributed by atoms with Gasteiger partial charge in [-0.1, -0.05) is 0 Å². The van der Waals surface area contributed by atoms with Gasteiger partial charge in [-0.15, -0.1) is 11.3 Å². The first-order chi connectivity index (χ1) is 8.56. The van der Waals surface area contributed by atoms with Crippen LogP contribution < -0.4 is 10.5 Å². The third-order valence-electron chi connectivity index (χ3n) is 2.30. The van der Waals surface area contributed by atoms with E-state index in [-0.39, 0.29) is 5.56 Å². The van der Waals surface area contributed by atoms with Crippen LogP contribution in [0.5, 0.6) is 5.75 Å². The second-order valence-corrected chi connectivity index (χ2v) is 4.77. The predicted molar refractivity (Wildman–Crippen MR) is 69.0 cm³/mol. The van der Waals surface area contributed by atoms with Gasteiger partial charge in [-0.3, -0.25) is 0 Å². The first-order valence-corrected chi connectivity index (χ1v) is 6.11. The molecule has 2 aromatic rings. The van der Waals surface area contributed by atoms with Gasteiger partial charge in [-0.2, -0.15) is 0 Å². The lowest BCUT2D eigenvalue weighted by Crippen LogP contribution is -2.02. The number of hydrogen-bond donors (Lipinski definition) is 2. The second-order valence-electron chi connectivity index (χ2n) is 3.70. The second kappa shape index (κ2) is 5.05. The van der Waals surface area contributed by atoms with Crippen LogP contribution in [0.15, 0.2) is 23.6 Å². The Labute approximate surface area is 108 Å². The summed E-state index contributed by atoms with van der Waals surface area (Å²) in [5, 5.41) is 11.7. The third kappa shape index (κ3) is 2.78. The number of ether oxygens (including phenoxy) is 1. The molecule has 3 N–H and O–H groups in total. The summed E-state index contributed by atoms with van der Waals surface area (Å²) in [6.07, 6.45) is 0. The quantitative estimate of drug-likeness (QED) is 0.828. The Kier molecular flexibility index (Phi) is 3.47. The highest BCUT2D eigenvalue weighted by Crippen LogP contribution is 2.23. The summed E-state index contributed by atoms with van der Waals surface area (Å²) >= 11 is 1.55. The number of anilines is 1. The Morgan fingerprint density at radius 2 is 2.33 bits per heavy atom. The smallest absolute Gasteiger partial charge is 0.335 e. The molecule has 94 valence electrons. The Bertz CT molecular complexity index is 580. The number of aryl methyl sites for hydroxylation is 1. The highest BCUT2D eigenvalue weighted by atomic mass is 32.1. The SMILES string of the molecule is Cc1nc(COc2ccc(C(=O)O)cc2N)cs1. The van der Waals surface area contributed by atoms with E-state index < -0.39 is 5.97 Å². The Balaban J connectivity index is 2.08. The van der Waals surface area contributed by atoms with Crippen LogP contribution in [0.2, 0.25) is 0 Å². The van der Waals surface area contributed by atoms with Crippen LogP contribution in [0.3, 0.4) is 0 Å². The number of nitrogens with zero attached hydrogens (tertiary/aromatic N) is 1. The van der Waals surface area contributed by atoms with Gasteiger partial charge in [0, 0.05) is 5.38 Å². The summed E-state index contributed by atoms with van der Waals surface area (Å²) in [5.41, 5.74) is 7.01. The van der Waals surface area contributed by atoms with Gasteiger partial charge >= 0.3 is 5.97 Å². The molecule has 6 heteroatoms. The van der Waals surface area contributed by atoms with Crippen LogP contribution in [0, 0.1) is 6.92 Å². The highest BCUT2D eigenvalue weighted by Gasteiger charge is 2.08. The number of carboxylic acids is 1. The van der Waals surface area contributed by atoms with E-state index in [9.17, 15) is 4.79 Å². The highest BCUT2D eigenvalue weighted by molar-refractivity contribution is 7.09. The van der Waals surface area contributed by atoms with E-state index in [0.717, 1.165) is 10.7 Å². The summed E-state index contributed by atoms with van der Waals surface area (Å²) in [6, 6.07) is 4.39. The molecule has 0 radical (unpaired) electrons. The van der Waals surface area contributed by atoms with Gasteiger partial charge in [-0.25, -0.2) is 9.78 Å². The number of aromatic nitrogens is 1. The average Bonchev–Trinajstić information content (AvgIpc) is 2.73. The molecule has 0 atom stereocenters. The zero-order valence-electron chi connectivity index (χ0n) is 9.71. The van der Waals surface area contributed by atoms with Crippen LogP contribution in [0.25, 0.3) is 0 Å². The summed E-state index contributed by atoms with van der Waals surface area (Å²) < 4.78 is 5.50. The number of carboxylic acid groups (broad SMARTS) is 1. The molecule has 0 aliphatic rings. The van der Waals surface area contributed by atoms with Crippen molar-refractivity contribution in [2.24, 2.45) is 0 Å². The van der Waals surface area contributed by atoms with Crippen LogP contribution in [0.1, 0.15) is 21.1 Å². The van der Waals surface area contributed by atoms with Crippen molar-refractivity contribution in [2.75, 3.05) is 5.73 Å². The van der Waals surface area contributed by atoms with E-state index in [1.165, 1.54) is 12.1 Å². The molecule has 0 aliphatic carbocycles. The minimum absolute atomic E-state index is 0.143. The number of aromatic carboxylic acids is 1. The molecule has 0 amide bonds. The monoisotopic (exact) mass is 264 g/mol. The largest absolute Gasteiger partial charge is 0.485 e. The Hall–Kier alpha value is -2.08. The third-order valence-corrected chi connectivity index (χ3v) is 3.12. The molecule has 18 heavy (non-hydrogen) atoms. The molecule has 1 heterocycles. The standard InChI is InChI=1S/C12H12N2O3S/c1-7-14-9(6-18-7)5-17-11-3-2-8(12(15)16)4-10(11)13/h2-4,6H,5,13H2,1H3,(H,15,16). The minimum atomic E-state index is -1.01. The van der Waals surface area contributed by atoms with Gasteiger partial charge in [0.25, 0.3) is 0 Å². The fourth-order valence-electron chi connectivity index (χ4n) is 1.44. The maximum atomic E-state index is 10.7. The summed E-state index contributed by atoms with van der Waals surface area (Å²) in [4.78, 5) is 15.0. The van der Waals surface area contributed by atoms with E-state index in [1.54, 1.807) is 17.4 Å². The molecule has 0 saturated heterocycles. The van der Waals surface area contributed by atoms with Crippen molar-refractivity contribution in [1.82, 2.24) is 4.98 Å². The Morgan fingerprint density at radius 1 is 1.56 bits per heavy atom.